The summed E-state index contributed by atoms with van der Waals surface area (Å²) < 4.78 is 42.8. The van der Waals surface area contributed by atoms with Gasteiger partial charge in [-0.1, -0.05) is 32.0 Å². The number of hydrogen-bond donors (Lipinski definition) is 1. The van der Waals surface area contributed by atoms with Crippen LogP contribution in [-0.2, 0) is 24.3 Å². The Morgan fingerprint density at radius 1 is 1.00 bits per heavy atom. The van der Waals surface area contributed by atoms with Crippen molar-refractivity contribution in [3.8, 4) is 5.75 Å². The summed E-state index contributed by atoms with van der Waals surface area (Å²) in [6, 6.07) is 13.9. The van der Waals surface area contributed by atoms with Gasteiger partial charge in [-0.2, -0.15) is 4.31 Å². The number of morpholine rings is 1. The van der Waals surface area contributed by atoms with Gasteiger partial charge in [0.2, 0.25) is 10.0 Å². The van der Waals surface area contributed by atoms with E-state index in [9.17, 15) is 18.0 Å². The molecule has 10 heteroatoms. The zero-order valence-electron chi connectivity index (χ0n) is 19.3. The molecular weight excluding hydrogens is 460 g/mol. The molecule has 3 rings (SSSR count). The number of rotatable bonds is 10. The highest BCUT2D eigenvalue weighted by Crippen LogP contribution is 2.20. The number of sulfonamides is 1. The normalized spacial score (nSPS) is 15.5. The molecule has 1 saturated heterocycles. The fourth-order valence-corrected chi connectivity index (χ4v) is 4.76. The van der Waals surface area contributed by atoms with Crippen LogP contribution in [0.4, 0.5) is 0 Å². The Hall–Kier alpha value is -2.95. The second kappa shape index (κ2) is 12.0. The van der Waals surface area contributed by atoms with Crippen LogP contribution in [0.15, 0.2) is 59.5 Å². The molecule has 0 spiro atoms. The highest BCUT2D eigenvalue weighted by atomic mass is 32.2. The van der Waals surface area contributed by atoms with E-state index in [2.05, 4.69) is 5.32 Å². The number of ether oxygens (including phenoxy) is 3. The Balaban J connectivity index is 1.47. The fraction of sp³-hybridized carbons (Fsp3) is 0.417. The first-order valence-electron chi connectivity index (χ1n) is 11.1. The van der Waals surface area contributed by atoms with E-state index in [0.717, 1.165) is 0 Å². The molecule has 1 amide bonds. The zero-order chi connectivity index (χ0) is 24.6. The highest BCUT2D eigenvalue weighted by molar-refractivity contribution is 7.89. The van der Waals surface area contributed by atoms with Crippen molar-refractivity contribution in [2.24, 2.45) is 5.92 Å². The molecule has 0 bridgehead atoms. The summed E-state index contributed by atoms with van der Waals surface area (Å²) >= 11 is 0. The van der Waals surface area contributed by atoms with E-state index in [0.29, 0.717) is 37.6 Å². The van der Waals surface area contributed by atoms with Gasteiger partial charge in [0.05, 0.1) is 18.1 Å². The Labute approximate surface area is 200 Å². The predicted octanol–water partition coefficient (Wildman–Crippen LogP) is 2.08. The van der Waals surface area contributed by atoms with Crippen LogP contribution in [0.25, 0.3) is 0 Å². The second-order valence-corrected chi connectivity index (χ2v) is 10.0. The fourth-order valence-electron chi connectivity index (χ4n) is 3.35. The Morgan fingerprint density at radius 2 is 1.65 bits per heavy atom. The van der Waals surface area contributed by atoms with Crippen molar-refractivity contribution in [2.45, 2.75) is 24.8 Å². The molecule has 0 aliphatic carbocycles. The molecule has 0 unspecified atom stereocenters. The van der Waals surface area contributed by atoms with Crippen molar-refractivity contribution in [3.63, 3.8) is 0 Å². The van der Waals surface area contributed by atoms with Crippen molar-refractivity contribution in [2.75, 3.05) is 39.5 Å². The van der Waals surface area contributed by atoms with Crippen LogP contribution in [0.1, 0.15) is 24.2 Å². The van der Waals surface area contributed by atoms with Gasteiger partial charge in [-0.05, 0) is 42.3 Å². The zero-order valence-corrected chi connectivity index (χ0v) is 20.1. The third kappa shape index (κ3) is 6.78. The minimum Gasteiger partial charge on any atom is -0.490 e. The number of carbonyl (C=O) groups excluding carboxylic acids is 2. The van der Waals surface area contributed by atoms with E-state index in [1.54, 1.807) is 36.4 Å². The lowest BCUT2D eigenvalue weighted by atomic mass is 10.0. The minimum atomic E-state index is -3.57. The summed E-state index contributed by atoms with van der Waals surface area (Å²) in [4.78, 5) is 25.1. The maximum Gasteiger partial charge on any atom is 0.329 e. The maximum atomic E-state index is 12.7. The van der Waals surface area contributed by atoms with Gasteiger partial charge in [-0.15, -0.1) is 0 Å². The maximum absolute atomic E-state index is 12.7. The molecule has 0 aromatic heterocycles. The van der Waals surface area contributed by atoms with Crippen LogP contribution < -0.4 is 10.1 Å². The van der Waals surface area contributed by atoms with Crippen LogP contribution in [0.3, 0.4) is 0 Å². The molecule has 2 aromatic carbocycles. The van der Waals surface area contributed by atoms with Gasteiger partial charge in [-0.25, -0.2) is 13.2 Å². The van der Waals surface area contributed by atoms with Crippen LogP contribution in [0, 0.1) is 5.92 Å². The Kier molecular flexibility index (Phi) is 9.03. The number of nitrogens with zero attached hydrogens (tertiary/aromatic N) is 1. The molecule has 1 fully saturated rings. The standard InChI is InChI=1S/C24H30N2O7S/c1-18(2)22(25-23(27)19-6-4-3-5-7-19)24(28)33-17-16-32-20-8-10-21(11-9-20)34(29,30)26-12-14-31-15-13-26/h3-11,18,22H,12-17H2,1-2H3,(H,25,27)/t22-/m0/s1. The molecule has 2 aromatic rings. The van der Waals surface area contributed by atoms with E-state index in [4.69, 9.17) is 14.2 Å². The number of esters is 1. The van der Waals surface area contributed by atoms with Gasteiger partial charge in [0, 0.05) is 18.7 Å². The van der Waals surface area contributed by atoms with E-state index < -0.39 is 22.0 Å². The van der Waals surface area contributed by atoms with Crippen molar-refractivity contribution in [1.29, 1.82) is 0 Å². The van der Waals surface area contributed by atoms with Gasteiger partial charge in [-0.3, -0.25) is 4.79 Å². The van der Waals surface area contributed by atoms with Crippen LogP contribution in [0.5, 0.6) is 5.75 Å². The lowest BCUT2D eigenvalue weighted by molar-refractivity contribution is -0.147. The first-order chi connectivity index (χ1) is 16.3. The molecule has 1 aliphatic heterocycles. The summed E-state index contributed by atoms with van der Waals surface area (Å²) in [5, 5.41) is 2.72. The number of hydrogen-bond acceptors (Lipinski definition) is 7. The smallest absolute Gasteiger partial charge is 0.329 e. The van der Waals surface area contributed by atoms with Crippen LogP contribution in [0.2, 0.25) is 0 Å². The molecule has 34 heavy (non-hydrogen) atoms. The molecular formula is C24H30N2O7S. The van der Waals surface area contributed by atoms with Crippen molar-refractivity contribution in [3.05, 3.63) is 60.2 Å². The molecule has 0 saturated carbocycles. The number of amides is 1. The van der Waals surface area contributed by atoms with Gasteiger partial charge >= 0.3 is 5.97 Å². The molecule has 1 heterocycles. The van der Waals surface area contributed by atoms with Gasteiger partial charge in [0.25, 0.3) is 5.91 Å². The number of nitrogens with one attached hydrogen (secondary N) is 1. The van der Waals surface area contributed by atoms with E-state index in [1.807, 2.05) is 19.9 Å². The highest BCUT2D eigenvalue weighted by Gasteiger charge is 2.27. The van der Waals surface area contributed by atoms with E-state index in [-0.39, 0.29) is 29.9 Å². The first kappa shape index (κ1) is 25.7. The Bertz CT molecular complexity index is 1050. The van der Waals surface area contributed by atoms with Crippen molar-refractivity contribution < 1.29 is 32.2 Å². The van der Waals surface area contributed by atoms with Crippen LogP contribution in [-0.4, -0.2) is 70.2 Å². The second-order valence-electron chi connectivity index (χ2n) is 8.06. The SMILES string of the molecule is CC(C)[C@H](NC(=O)c1ccccc1)C(=O)OCCOc1ccc(S(=O)(=O)N2CCOCC2)cc1. The quantitative estimate of drug-likeness (QED) is 0.401. The van der Waals surface area contributed by atoms with E-state index >= 15 is 0 Å². The third-order valence-electron chi connectivity index (χ3n) is 5.27. The summed E-state index contributed by atoms with van der Waals surface area (Å²) in [6.07, 6.45) is 0. The van der Waals surface area contributed by atoms with Gasteiger partial charge in [0.1, 0.15) is 25.0 Å². The molecule has 1 aliphatic rings. The molecule has 1 atom stereocenters. The summed E-state index contributed by atoms with van der Waals surface area (Å²) in [5.74, 6) is -0.605. The van der Waals surface area contributed by atoms with Gasteiger partial charge in [0.15, 0.2) is 0 Å². The third-order valence-corrected chi connectivity index (χ3v) is 7.18. The van der Waals surface area contributed by atoms with Crippen molar-refractivity contribution in [1.82, 2.24) is 9.62 Å². The number of benzene rings is 2. The molecule has 184 valence electrons. The Morgan fingerprint density at radius 3 is 2.26 bits per heavy atom. The van der Waals surface area contributed by atoms with Crippen molar-refractivity contribution >= 4 is 21.9 Å². The van der Waals surface area contributed by atoms with E-state index in [1.165, 1.54) is 16.4 Å². The molecule has 1 N–H and O–H groups in total. The average Bonchev–Trinajstić information content (AvgIpc) is 2.86. The predicted molar refractivity (Wildman–Crippen MR) is 125 cm³/mol. The largest absolute Gasteiger partial charge is 0.490 e. The molecule has 0 radical (unpaired) electrons. The summed E-state index contributed by atoms with van der Waals surface area (Å²) in [7, 11) is -3.57. The first-order valence-corrected chi connectivity index (χ1v) is 12.6. The summed E-state index contributed by atoms with van der Waals surface area (Å²) in [5.41, 5.74) is 0.461. The number of carbonyl (C=O) groups is 2. The van der Waals surface area contributed by atoms with Gasteiger partial charge < -0.3 is 19.5 Å². The lowest BCUT2D eigenvalue weighted by Crippen LogP contribution is -2.45. The monoisotopic (exact) mass is 490 g/mol. The topological polar surface area (TPSA) is 111 Å². The minimum absolute atomic E-state index is 0.0168. The average molecular weight is 491 g/mol. The lowest BCUT2D eigenvalue weighted by Gasteiger charge is -2.26. The summed E-state index contributed by atoms with van der Waals surface area (Å²) in [6.45, 7) is 5.13. The van der Waals surface area contributed by atoms with Crippen LogP contribution >= 0.6 is 0 Å². The molecule has 9 nitrogen and oxygen atoms in total.